The molecule has 2 bridgehead atoms. The quantitative estimate of drug-likeness (QED) is 0.747. The van der Waals surface area contributed by atoms with Crippen LogP contribution in [0.15, 0.2) is 36.7 Å². The Bertz CT molecular complexity index is 1010. The number of halogens is 1. The molecule has 2 fully saturated rings. The molecule has 28 heavy (non-hydrogen) atoms. The van der Waals surface area contributed by atoms with Crippen molar-refractivity contribution in [3.8, 4) is 17.0 Å². The van der Waals surface area contributed by atoms with Gasteiger partial charge in [-0.3, -0.25) is 9.97 Å². The minimum Gasteiger partial charge on any atom is -0.507 e. The van der Waals surface area contributed by atoms with Crippen molar-refractivity contribution < 1.29 is 9.50 Å². The van der Waals surface area contributed by atoms with Gasteiger partial charge in [0.2, 0.25) is 0 Å². The lowest BCUT2D eigenvalue weighted by atomic mass is 9.83. The summed E-state index contributed by atoms with van der Waals surface area (Å²) in [5.41, 5.74) is 2.39. The van der Waals surface area contributed by atoms with Crippen molar-refractivity contribution in [2.75, 3.05) is 11.9 Å². The number of nitrogens with zero attached hydrogens (tertiary/aromatic N) is 5. The van der Waals surface area contributed by atoms with Crippen molar-refractivity contribution in [1.82, 2.24) is 20.2 Å². The Morgan fingerprint density at radius 2 is 1.82 bits per heavy atom. The highest BCUT2D eigenvalue weighted by Crippen LogP contribution is 2.45. The highest BCUT2D eigenvalue weighted by Gasteiger charge is 2.44. The summed E-state index contributed by atoms with van der Waals surface area (Å²) in [6.07, 6.45) is 6.43. The van der Waals surface area contributed by atoms with E-state index >= 15 is 0 Å². The lowest BCUT2D eigenvalue weighted by molar-refractivity contribution is 0.144. The van der Waals surface area contributed by atoms with Crippen molar-refractivity contribution in [3.05, 3.63) is 36.7 Å². The first kappa shape index (κ1) is 17.3. The number of fused-ring (bicyclic) bond motifs is 3. The van der Waals surface area contributed by atoms with Gasteiger partial charge in [0.25, 0.3) is 0 Å². The number of phenolic OH excluding ortho intramolecular Hbond substituents is 1. The number of aromatic hydroxyl groups is 1. The summed E-state index contributed by atoms with van der Waals surface area (Å²) in [7, 11) is 1.90. The fourth-order valence-electron chi connectivity index (χ4n) is 4.81. The Morgan fingerprint density at radius 3 is 2.57 bits per heavy atom. The number of hydrogen-bond acceptors (Lipinski definition) is 6. The molecule has 5 rings (SSSR count). The largest absolute Gasteiger partial charge is 0.507 e. The second-order valence-corrected chi connectivity index (χ2v) is 7.99. The van der Waals surface area contributed by atoms with Crippen LogP contribution in [-0.4, -0.2) is 44.5 Å². The van der Waals surface area contributed by atoms with Crippen LogP contribution in [0.5, 0.6) is 5.75 Å². The van der Waals surface area contributed by atoms with Crippen LogP contribution in [0.2, 0.25) is 0 Å². The monoisotopic (exact) mass is 379 g/mol. The predicted molar refractivity (Wildman–Crippen MR) is 105 cm³/mol. The molecule has 0 saturated heterocycles. The Kier molecular flexibility index (Phi) is 4.10. The Labute approximate surface area is 162 Å². The Hall–Kier alpha value is -2.83. The van der Waals surface area contributed by atoms with Crippen LogP contribution >= 0.6 is 0 Å². The van der Waals surface area contributed by atoms with E-state index in [1.165, 1.54) is 0 Å². The molecule has 2 saturated carbocycles. The number of alkyl halides is 1. The van der Waals surface area contributed by atoms with Gasteiger partial charge in [-0.2, -0.15) is 0 Å². The van der Waals surface area contributed by atoms with Gasteiger partial charge in [0.05, 0.1) is 22.8 Å². The van der Waals surface area contributed by atoms with E-state index in [1.54, 1.807) is 30.6 Å². The summed E-state index contributed by atoms with van der Waals surface area (Å²) in [4.78, 5) is 10.4. The van der Waals surface area contributed by atoms with E-state index in [0.29, 0.717) is 34.0 Å². The number of aromatic nitrogens is 4. The first-order valence-corrected chi connectivity index (χ1v) is 9.75. The fourth-order valence-corrected chi connectivity index (χ4v) is 4.81. The highest BCUT2D eigenvalue weighted by molar-refractivity contribution is 5.84. The van der Waals surface area contributed by atoms with E-state index in [0.717, 1.165) is 25.7 Å². The maximum atomic E-state index is 14.9. The Morgan fingerprint density at radius 1 is 1.04 bits per heavy atom. The lowest BCUT2D eigenvalue weighted by Crippen LogP contribution is -2.46. The zero-order chi connectivity index (χ0) is 19.3. The molecule has 4 atom stereocenters. The predicted octanol–water partition coefficient (Wildman–Crippen LogP) is 3.76. The van der Waals surface area contributed by atoms with Crippen LogP contribution in [0, 0.1) is 11.8 Å². The molecule has 6 nitrogen and oxygen atoms in total. The standard InChI is InChI=1S/C21H22FN5O/c1-27(18-9-12-2-3-13(8-12)21(18)22)20-5-4-15(25-26-20)14-10-16-17(11-19(14)28)24-7-6-23-16/h4-7,10-13,18,21,28H,2-3,8-9H2,1H3/t12-,13+,18+,21-/m0/s1. The zero-order valence-electron chi connectivity index (χ0n) is 15.7. The van der Waals surface area contributed by atoms with E-state index in [4.69, 9.17) is 0 Å². The van der Waals surface area contributed by atoms with Crippen molar-refractivity contribution in [2.24, 2.45) is 11.8 Å². The normalized spacial score (nSPS) is 26.5. The molecule has 2 aromatic heterocycles. The summed E-state index contributed by atoms with van der Waals surface area (Å²) in [5.74, 6) is 1.55. The molecule has 144 valence electrons. The Balaban J connectivity index is 1.42. The van der Waals surface area contributed by atoms with Gasteiger partial charge in [-0.25, -0.2) is 4.39 Å². The summed E-state index contributed by atoms with van der Waals surface area (Å²) in [6, 6.07) is 6.83. The third-order valence-electron chi connectivity index (χ3n) is 6.35. The molecular formula is C21H22FN5O. The first-order valence-electron chi connectivity index (χ1n) is 9.75. The van der Waals surface area contributed by atoms with Gasteiger partial charge in [-0.05, 0) is 55.7 Å². The van der Waals surface area contributed by atoms with Gasteiger partial charge in [-0.15, -0.1) is 10.2 Å². The van der Waals surface area contributed by atoms with Crippen LogP contribution in [0.1, 0.15) is 25.7 Å². The van der Waals surface area contributed by atoms with Gasteiger partial charge in [0, 0.05) is 31.1 Å². The number of benzene rings is 1. The van der Waals surface area contributed by atoms with Gasteiger partial charge in [-0.1, -0.05) is 0 Å². The van der Waals surface area contributed by atoms with Gasteiger partial charge >= 0.3 is 0 Å². The van der Waals surface area contributed by atoms with Crippen LogP contribution in [0.4, 0.5) is 10.2 Å². The summed E-state index contributed by atoms with van der Waals surface area (Å²) < 4.78 is 14.9. The third-order valence-corrected chi connectivity index (χ3v) is 6.35. The van der Waals surface area contributed by atoms with Crippen LogP contribution < -0.4 is 4.90 Å². The average molecular weight is 379 g/mol. The second kappa shape index (κ2) is 6.65. The van der Waals surface area contributed by atoms with Crippen molar-refractivity contribution in [1.29, 1.82) is 0 Å². The van der Waals surface area contributed by atoms with Crippen LogP contribution in [0.3, 0.4) is 0 Å². The van der Waals surface area contributed by atoms with E-state index < -0.39 is 6.17 Å². The molecule has 3 aromatic rings. The van der Waals surface area contributed by atoms with Crippen molar-refractivity contribution in [3.63, 3.8) is 0 Å². The topological polar surface area (TPSA) is 75.0 Å². The smallest absolute Gasteiger partial charge is 0.151 e. The molecule has 0 unspecified atom stereocenters. The first-order chi connectivity index (χ1) is 13.6. The molecule has 0 amide bonds. The molecule has 0 aliphatic heterocycles. The van der Waals surface area contributed by atoms with Crippen LogP contribution in [-0.2, 0) is 0 Å². The maximum Gasteiger partial charge on any atom is 0.151 e. The zero-order valence-corrected chi connectivity index (χ0v) is 15.7. The number of anilines is 1. The van der Waals surface area contributed by atoms with Gasteiger partial charge in [0.1, 0.15) is 11.9 Å². The van der Waals surface area contributed by atoms with E-state index in [-0.39, 0.29) is 17.7 Å². The molecule has 2 heterocycles. The fraction of sp³-hybridized carbons (Fsp3) is 0.429. The highest BCUT2D eigenvalue weighted by atomic mass is 19.1. The number of rotatable bonds is 3. The molecule has 2 aliphatic carbocycles. The molecule has 0 spiro atoms. The summed E-state index contributed by atoms with van der Waals surface area (Å²) in [5, 5.41) is 19.0. The van der Waals surface area contributed by atoms with Gasteiger partial charge in [0.15, 0.2) is 5.82 Å². The summed E-state index contributed by atoms with van der Waals surface area (Å²) in [6.45, 7) is 0. The average Bonchev–Trinajstić information content (AvgIpc) is 3.13. The lowest BCUT2D eigenvalue weighted by Gasteiger charge is -2.38. The number of hydrogen-bond donors (Lipinski definition) is 1. The molecule has 2 aliphatic rings. The molecule has 1 aromatic carbocycles. The second-order valence-electron chi connectivity index (χ2n) is 7.99. The maximum absolute atomic E-state index is 14.9. The van der Waals surface area contributed by atoms with E-state index in [1.807, 2.05) is 18.0 Å². The molecule has 1 N–H and O–H groups in total. The molecular weight excluding hydrogens is 357 g/mol. The SMILES string of the molecule is CN(c1ccc(-c2cc3nccnc3cc2O)nn1)[C@@H]1C[C@H]2CC[C@H](C2)[C@@H]1F. The number of phenols is 1. The van der Waals surface area contributed by atoms with E-state index in [9.17, 15) is 9.50 Å². The molecule has 7 heteroatoms. The van der Waals surface area contributed by atoms with Gasteiger partial charge < -0.3 is 10.0 Å². The van der Waals surface area contributed by atoms with Crippen molar-refractivity contribution >= 4 is 16.9 Å². The minimum atomic E-state index is -0.812. The van der Waals surface area contributed by atoms with E-state index in [2.05, 4.69) is 20.2 Å². The minimum absolute atomic E-state index is 0.0797. The molecule has 0 radical (unpaired) electrons. The van der Waals surface area contributed by atoms with Crippen molar-refractivity contribution in [2.45, 2.75) is 37.9 Å². The summed E-state index contributed by atoms with van der Waals surface area (Å²) >= 11 is 0. The third kappa shape index (κ3) is 2.85. The van der Waals surface area contributed by atoms with Crippen LogP contribution in [0.25, 0.3) is 22.3 Å².